The average Bonchev–Trinajstić information content (AvgIpc) is 3.18. The molecule has 3 aromatic rings. The largest absolute Gasteiger partial charge is 0.494 e. The number of carbonyl (C=O) groups is 3. The van der Waals surface area contributed by atoms with E-state index in [9.17, 15) is 14.4 Å². The van der Waals surface area contributed by atoms with Crippen molar-refractivity contribution in [1.29, 1.82) is 0 Å². The molecular formula is C29H26ClIN2O6S. The number of hydrogen-bond acceptors (Lipinski definition) is 7. The van der Waals surface area contributed by atoms with Gasteiger partial charge in [0.05, 0.1) is 21.7 Å². The van der Waals surface area contributed by atoms with Crippen LogP contribution < -0.4 is 19.5 Å². The highest BCUT2D eigenvalue weighted by Gasteiger charge is 2.36. The van der Waals surface area contributed by atoms with E-state index in [1.807, 2.05) is 32.0 Å². The molecule has 1 heterocycles. The molecule has 0 spiro atoms. The summed E-state index contributed by atoms with van der Waals surface area (Å²) in [4.78, 5) is 39.3. The number of halogens is 2. The van der Waals surface area contributed by atoms with Crippen LogP contribution in [-0.4, -0.2) is 41.7 Å². The zero-order chi connectivity index (χ0) is 28.6. The molecule has 0 atom stereocenters. The Morgan fingerprint density at radius 2 is 1.70 bits per heavy atom. The Hall–Kier alpha value is -3.22. The van der Waals surface area contributed by atoms with E-state index in [4.69, 9.17) is 25.8 Å². The SMILES string of the molecule is CCOc1ccc(NC(=O)CN2C(=O)S/C(=C/c3cc(I)c(OCc4ccc(Cl)cc4)c(OCC)c3)C2=O)cc1. The quantitative estimate of drug-likeness (QED) is 0.171. The molecule has 1 aliphatic rings. The third-order valence-corrected chi connectivity index (χ3v) is 7.51. The number of amides is 3. The van der Waals surface area contributed by atoms with Gasteiger partial charge in [0, 0.05) is 10.7 Å². The molecule has 1 saturated heterocycles. The summed E-state index contributed by atoms with van der Waals surface area (Å²) in [5, 5.41) is 2.83. The molecule has 0 saturated carbocycles. The summed E-state index contributed by atoms with van der Waals surface area (Å²) >= 11 is 8.90. The van der Waals surface area contributed by atoms with Crippen LogP contribution >= 0.6 is 46.0 Å². The molecule has 0 bridgehead atoms. The maximum Gasteiger partial charge on any atom is 0.294 e. The molecular weight excluding hydrogens is 667 g/mol. The fourth-order valence-electron chi connectivity index (χ4n) is 3.74. The number of imide groups is 1. The first-order valence-corrected chi connectivity index (χ1v) is 14.7. The Balaban J connectivity index is 1.45. The maximum atomic E-state index is 13.0. The molecule has 8 nitrogen and oxygen atoms in total. The number of rotatable bonds is 11. The zero-order valence-electron chi connectivity index (χ0n) is 21.7. The van der Waals surface area contributed by atoms with Crippen LogP contribution in [0.15, 0.2) is 65.6 Å². The number of carbonyl (C=O) groups excluding carboxylic acids is 3. The minimum absolute atomic E-state index is 0.215. The monoisotopic (exact) mass is 692 g/mol. The van der Waals surface area contributed by atoms with Crippen molar-refractivity contribution in [2.75, 3.05) is 25.1 Å². The second-order valence-corrected chi connectivity index (χ2v) is 11.0. The Morgan fingerprint density at radius 1 is 1.00 bits per heavy atom. The van der Waals surface area contributed by atoms with Crippen molar-refractivity contribution in [2.24, 2.45) is 0 Å². The van der Waals surface area contributed by atoms with Crippen molar-refractivity contribution in [3.8, 4) is 17.2 Å². The second-order valence-electron chi connectivity index (χ2n) is 8.45. The van der Waals surface area contributed by atoms with Crippen LogP contribution in [0.5, 0.6) is 17.2 Å². The lowest BCUT2D eigenvalue weighted by atomic mass is 10.1. The molecule has 1 N–H and O–H groups in total. The Morgan fingerprint density at radius 3 is 2.38 bits per heavy atom. The summed E-state index contributed by atoms with van der Waals surface area (Å²) in [5.41, 5.74) is 2.15. The van der Waals surface area contributed by atoms with E-state index in [1.54, 1.807) is 48.5 Å². The van der Waals surface area contributed by atoms with Crippen molar-refractivity contribution < 1.29 is 28.6 Å². The van der Waals surface area contributed by atoms with Gasteiger partial charge in [-0.3, -0.25) is 19.3 Å². The predicted molar refractivity (Wildman–Crippen MR) is 165 cm³/mol. The summed E-state index contributed by atoms with van der Waals surface area (Å²) in [7, 11) is 0. The summed E-state index contributed by atoms with van der Waals surface area (Å²) in [6, 6.07) is 17.8. The molecule has 0 unspecified atom stereocenters. The highest BCUT2D eigenvalue weighted by atomic mass is 127. The fraction of sp³-hybridized carbons (Fsp3) is 0.207. The molecule has 3 aromatic carbocycles. The van der Waals surface area contributed by atoms with E-state index in [0.29, 0.717) is 53.3 Å². The van der Waals surface area contributed by atoms with Crippen LogP contribution in [0.1, 0.15) is 25.0 Å². The third kappa shape index (κ3) is 7.70. The van der Waals surface area contributed by atoms with Gasteiger partial charge in [-0.2, -0.15) is 0 Å². The summed E-state index contributed by atoms with van der Waals surface area (Å²) < 4.78 is 18.0. The summed E-state index contributed by atoms with van der Waals surface area (Å²) in [6.07, 6.45) is 1.61. The molecule has 0 radical (unpaired) electrons. The second kappa shape index (κ2) is 13.9. The van der Waals surface area contributed by atoms with Crippen molar-refractivity contribution in [3.05, 3.63) is 85.3 Å². The lowest BCUT2D eigenvalue weighted by Gasteiger charge is -2.15. The number of anilines is 1. The smallest absolute Gasteiger partial charge is 0.294 e. The van der Waals surface area contributed by atoms with Crippen LogP contribution in [0.25, 0.3) is 6.08 Å². The average molecular weight is 693 g/mol. The minimum atomic E-state index is -0.534. The number of benzene rings is 3. The van der Waals surface area contributed by atoms with Crippen LogP contribution in [0.3, 0.4) is 0 Å². The fourth-order valence-corrected chi connectivity index (χ4v) is 5.49. The molecule has 1 fully saturated rings. The first-order valence-electron chi connectivity index (χ1n) is 12.4. The Kier molecular flexibility index (Phi) is 10.3. The summed E-state index contributed by atoms with van der Waals surface area (Å²) in [6.45, 7) is 4.63. The van der Waals surface area contributed by atoms with Gasteiger partial charge >= 0.3 is 0 Å². The van der Waals surface area contributed by atoms with Crippen molar-refractivity contribution in [1.82, 2.24) is 4.90 Å². The van der Waals surface area contributed by atoms with E-state index >= 15 is 0 Å². The molecule has 3 amide bonds. The van der Waals surface area contributed by atoms with E-state index in [0.717, 1.165) is 25.8 Å². The number of nitrogens with zero attached hydrogens (tertiary/aromatic N) is 1. The minimum Gasteiger partial charge on any atom is -0.494 e. The van der Waals surface area contributed by atoms with Gasteiger partial charge in [0.1, 0.15) is 18.9 Å². The third-order valence-electron chi connectivity index (χ3n) is 5.55. The van der Waals surface area contributed by atoms with Crippen LogP contribution in [0.4, 0.5) is 10.5 Å². The van der Waals surface area contributed by atoms with Gasteiger partial charge in [-0.1, -0.05) is 23.7 Å². The van der Waals surface area contributed by atoms with Gasteiger partial charge in [-0.25, -0.2) is 0 Å². The number of hydrogen-bond donors (Lipinski definition) is 1. The number of nitrogens with one attached hydrogen (secondary N) is 1. The topological polar surface area (TPSA) is 94.2 Å². The van der Waals surface area contributed by atoms with Gasteiger partial charge in [-0.05, 0) is 114 Å². The van der Waals surface area contributed by atoms with Crippen molar-refractivity contribution in [2.45, 2.75) is 20.5 Å². The number of thioether (sulfide) groups is 1. The molecule has 40 heavy (non-hydrogen) atoms. The molecule has 4 rings (SSSR count). The predicted octanol–water partition coefficient (Wildman–Crippen LogP) is 7.00. The van der Waals surface area contributed by atoms with Gasteiger partial charge in [0.15, 0.2) is 11.5 Å². The normalized spacial score (nSPS) is 14.0. The standard InChI is InChI=1S/C29H26ClIN2O6S/c1-3-37-22-11-9-21(10-12-22)32-26(34)16-33-28(35)25(40-29(33)36)15-19-13-23(31)27(24(14-19)38-4-2)39-17-18-5-7-20(30)8-6-18/h5-15H,3-4,16-17H2,1-2H3,(H,32,34)/b25-15+. The van der Waals surface area contributed by atoms with Gasteiger partial charge in [-0.15, -0.1) is 0 Å². The molecule has 0 aromatic heterocycles. The van der Waals surface area contributed by atoms with E-state index in [2.05, 4.69) is 27.9 Å². The zero-order valence-corrected chi connectivity index (χ0v) is 25.5. The van der Waals surface area contributed by atoms with Gasteiger partial charge in [0.25, 0.3) is 11.1 Å². The summed E-state index contributed by atoms with van der Waals surface area (Å²) in [5.74, 6) is 0.757. The molecule has 11 heteroatoms. The lowest BCUT2D eigenvalue weighted by molar-refractivity contribution is -0.127. The van der Waals surface area contributed by atoms with E-state index < -0.39 is 23.6 Å². The van der Waals surface area contributed by atoms with Gasteiger partial charge < -0.3 is 19.5 Å². The van der Waals surface area contributed by atoms with Crippen molar-refractivity contribution >= 4 is 74.8 Å². The van der Waals surface area contributed by atoms with Crippen molar-refractivity contribution in [3.63, 3.8) is 0 Å². The van der Waals surface area contributed by atoms with E-state index in [-0.39, 0.29) is 4.91 Å². The highest BCUT2D eigenvalue weighted by molar-refractivity contribution is 14.1. The molecule has 1 aliphatic heterocycles. The van der Waals surface area contributed by atoms with Gasteiger partial charge in [0.2, 0.25) is 5.91 Å². The van der Waals surface area contributed by atoms with Crippen LogP contribution in [0.2, 0.25) is 5.02 Å². The Bertz CT molecular complexity index is 1430. The molecule has 0 aliphatic carbocycles. The van der Waals surface area contributed by atoms with Crippen LogP contribution in [-0.2, 0) is 16.2 Å². The van der Waals surface area contributed by atoms with E-state index in [1.165, 1.54) is 0 Å². The lowest BCUT2D eigenvalue weighted by Crippen LogP contribution is -2.36. The maximum absolute atomic E-state index is 13.0. The van der Waals surface area contributed by atoms with Crippen LogP contribution in [0, 0.1) is 3.57 Å². The Labute approximate surface area is 255 Å². The highest BCUT2D eigenvalue weighted by Crippen LogP contribution is 2.38. The molecule has 208 valence electrons. The number of ether oxygens (including phenoxy) is 3. The first kappa shape index (κ1) is 29.8. The first-order chi connectivity index (χ1) is 19.3.